The molecular formula is C13H8F6N2. The van der Waals surface area contributed by atoms with Gasteiger partial charge in [0.05, 0.1) is 11.9 Å². The Kier molecular flexibility index (Phi) is 4.06. The minimum Gasteiger partial charge on any atom is -0.380 e. The number of anilines is 1. The summed E-state index contributed by atoms with van der Waals surface area (Å²) in [4.78, 5) is 3.20. The normalized spacial score (nSPS) is 11.5. The van der Waals surface area contributed by atoms with E-state index in [2.05, 4.69) is 10.3 Å². The number of nitrogens with zero attached hydrogens (tertiary/aromatic N) is 1. The molecule has 0 saturated heterocycles. The molecule has 2 nitrogen and oxygen atoms in total. The van der Waals surface area contributed by atoms with E-state index in [9.17, 15) is 26.3 Å². The molecule has 0 spiro atoms. The van der Waals surface area contributed by atoms with Gasteiger partial charge in [0, 0.05) is 18.2 Å². The number of benzene rings is 1. The molecule has 112 valence electrons. The fraction of sp³-hybridized carbons (Fsp3) is 0.154. The van der Waals surface area contributed by atoms with Gasteiger partial charge < -0.3 is 5.32 Å². The summed E-state index contributed by atoms with van der Waals surface area (Å²) in [7, 11) is 0. The van der Waals surface area contributed by atoms with E-state index >= 15 is 0 Å². The zero-order valence-corrected chi connectivity index (χ0v) is 10.3. The first-order chi connectivity index (χ1) is 9.77. The lowest BCUT2D eigenvalue weighted by Crippen LogP contribution is -2.08. The maximum absolute atomic E-state index is 13.3. The number of hydrogen-bond acceptors (Lipinski definition) is 2. The largest absolute Gasteiger partial charge is 0.433 e. The molecule has 0 radical (unpaired) electrons. The zero-order chi connectivity index (χ0) is 15.6. The molecule has 8 heteroatoms. The lowest BCUT2D eigenvalue weighted by molar-refractivity contribution is -0.141. The summed E-state index contributed by atoms with van der Waals surface area (Å²) in [5.74, 6) is -3.48. The molecule has 0 fully saturated rings. The first-order valence-electron chi connectivity index (χ1n) is 5.68. The van der Waals surface area contributed by atoms with Gasteiger partial charge in [-0.1, -0.05) is 0 Å². The molecule has 0 amide bonds. The van der Waals surface area contributed by atoms with Gasteiger partial charge in [-0.2, -0.15) is 13.2 Å². The first kappa shape index (κ1) is 15.1. The molecule has 0 saturated carbocycles. The van der Waals surface area contributed by atoms with E-state index in [1.807, 2.05) is 0 Å². The highest BCUT2D eigenvalue weighted by atomic mass is 19.4. The van der Waals surface area contributed by atoms with Crippen molar-refractivity contribution in [3.63, 3.8) is 0 Å². The van der Waals surface area contributed by atoms with Crippen LogP contribution < -0.4 is 5.32 Å². The highest BCUT2D eigenvalue weighted by molar-refractivity contribution is 5.42. The predicted molar refractivity (Wildman–Crippen MR) is 62.9 cm³/mol. The van der Waals surface area contributed by atoms with Crippen LogP contribution in [0.2, 0.25) is 0 Å². The van der Waals surface area contributed by atoms with Crippen molar-refractivity contribution in [1.82, 2.24) is 4.98 Å². The summed E-state index contributed by atoms with van der Waals surface area (Å²) < 4.78 is 75.9. The second kappa shape index (κ2) is 5.63. The fourth-order valence-corrected chi connectivity index (χ4v) is 1.56. The second-order valence-electron chi connectivity index (χ2n) is 4.14. The summed E-state index contributed by atoms with van der Waals surface area (Å²) in [6, 6.07) is 2.93. The quantitative estimate of drug-likeness (QED) is 0.681. The molecule has 0 unspecified atom stereocenters. The summed E-state index contributed by atoms with van der Waals surface area (Å²) in [5, 5.41) is 2.57. The Labute approximate surface area is 115 Å². The molecule has 0 atom stereocenters. The topological polar surface area (TPSA) is 24.9 Å². The van der Waals surface area contributed by atoms with Crippen LogP contribution in [0.4, 0.5) is 32.0 Å². The summed E-state index contributed by atoms with van der Waals surface area (Å²) in [5.41, 5.74) is -1.03. The van der Waals surface area contributed by atoms with Crippen molar-refractivity contribution >= 4 is 5.69 Å². The summed E-state index contributed by atoms with van der Waals surface area (Å²) in [6.45, 7) is -0.226. The average Bonchev–Trinajstić information content (AvgIpc) is 2.41. The van der Waals surface area contributed by atoms with Crippen molar-refractivity contribution in [2.24, 2.45) is 0 Å². The SMILES string of the molecule is Fc1cc(F)c(CNc2ccc(C(F)(F)F)nc2)cc1F. The van der Waals surface area contributed by atoms with Crippen LogP contribution in [0.3, 0.4) is 0 Å². The van der Waals surface area contributed by atoms with E-state index in [4.69, 9.17) is 0 Å². The van der Waals surface area contributed by atoms with E-state index in [1.54, 1.807) is 0 Å². The van der Waals surface area contributed by atoms with Crippen molar-refractivity contribution in [2.45, 2.75) is 12.7 Å². The van der Waals surface area contributed by atoms with Crippen LogP contribution in [0, 0.1) is 17.5 Å². The van der Waals surface area contributed by atoms with Gasteiger partial charge in [0.1, 0.15) is 11.5 Å². The molecule has 0 aliphatic carbocycles. The molecule has 21 heavy (non-hydrogen) atoms. The maximum Gasteiger partial charge on any atom is 0.433 e. The number of pyridine rings is 1. The average molecular weight is 306 g/mol. The monoisotopic (exact) mass is 306 g/mol. The van der Waals surface area contributed by atoms with Crippen LogP contribution in [0.5, 0.6) is 0 Å². The van der Waals surface area contributed by atoms with Gasteiger partial charge in [0.15, 0.2) is 11.6 Å². The zero-order valence-electron chi connectivity index (χ0n) is 10.3. The van der Waals surface area contributed by atoms with Crippen molar-refractivity contribution in [1.29, 1.82) is 0 Å². The summed E-state index contributed by atoms with van der Waals surface area (Å²) >= 11 is 0. The van der Waals surface area contributed by atoms with Crippen molar-refractivity contribution in [3.05, 3.63) is 59.2 Å². The lowest BCUT2D eigenvalue weighted by Gasteiger charge is -2.09. The lowest BCUT2D eigenvalue weighted by atomic mass is 10.2. The van der Waals surface area contributed by atoms with Crippen LogP contribution in [0.25, 0.3) is 0 Å². The van der Waals surface area contributed by atoms with Gasteiger partial charge in [-0.15, -0.1) is 0 Å². The van der Waals surface area contributed by atoms with E-state index in [0.29, 0.717) is 12.1 Å². The Bertz CT molecular complexity index is 636. The molecule has 1 aromatic heterocycles. The molecular weight excluding hydrogens is 298 g/mol. The molecule has 0 aliphatic rings. The predicted octanol–water partition coefficient (Wildman–Crippen LogP) is 4.13. The minimum absolute atomic E-state index is 0.159. The van der Waals surface area contributed by atoms with Gasteiger partial charge in [-0.25, -0.2) is 18.2 Å². The number of nitrogens with one attached hydrogen (secondary N) is 1. The van der Waals surface area contributed by atoms with Gasteiger partial charge >= 0.3 is 6.18 Å². The number of aromatic nitrogens is 1. The van der Waals surface area contributed by atoms with Gasteiger partial charge in [-0.3, -0.25) is 0 Å². The minimum atomic E-state index is -4.55. The molecule has 2 rings (SSSR count). The van der Waals surface area contributed by atoms with E-state index in [1.165, 1.54) is 0 Å². The number of halogens is 6. The van der Waals surface area contributed by atoms with Crippen molar-refractivity contribution < 1.29 is 26.3 Å². The Morgan fingerprint density at radius 1 is 0.952 bits per heavy atom. The van der Waals surface area contributed by atoms with E-state index < -0.39 is 29.3 Å². The molecule has 0 aliphatic heterocycles. The Balaban J connectivity index is 2.08. The van der Waals surface area contributed by atoms with Crippen LogP contribution in [-0.2, 0) is 12.7 Å². The number of hydrogen-bond donors (Lipinski definition) is 1. The standard InChI is InChI=1S/C13H8F6N2/c14-9-4-11(16)10(15)3-7(9)5-20-8-1-2-12(21-6-8)13(17,18)19/h1-4,6,20H,5H2. The third kappa shape index (κ3) is 3.65. The Hall–Kier alpha value is -2.25. The molecule has 1 heterocycles. The maximum atomic E-state index is 13.3. The van der Waals surface area contributed by atoms with Crippen LogP contribution in [0.1, 0.15) is 11.3 Å². The molecule has 1 aromatic carbocycles. The highest BCUT2D eigenvalue weighted by Crippen LogP contribution is 2.27. The number of rotatable bonds is 3. The summed E-state index contributed by atoms with van der Waals surface area (Å²) in [6.07, 6.45) is -3.63. The van der Waals surface area contributed by atoms with Gasteiger partial charge in [0.25, 0.3) is 0 Å². The van der Waals surface area contributed by atoms with Gasteiger partial charge in [0.2, 0.25) is 0 Å². The Morgan fingerprint density at radius 2 is 1.62 bits per heavy atom. The Morgan fingerprint density at radius 3 is 2.19 bits per heavy atom. The molecule has 1 N–H and O–H groups in total. The van der Waals surface area contributed by atoms with Crippen molar-refractivity contribution in [2.75, 3.05) is 5.32 Å². The van der Waals surface area contributed by atoms with E-state index in [-0.39, 0.29) is 17.8 Å². The van der Waals surface area contributed by atoms with Crippen LogP contribution >= 0.6 is 0 Å². The van der Waals surface area contributed by atoms with E-state index in [0.717, 1.165) is 18.3 Å². The fourth-order valence-electron chi connectivity index (χ4n) is 1.56. The van der Waals surface area contributed by atoms with Crippen molar-refractivity contribution in [3.8, 4) is 0 Å². The molecule has 0 bridgehead atoms. The second-order valence-corrected chi connectivity index (χ2v) is 4.14. The molecule has 2 aromatic rings. The van der Waals surface area contributed by atoms with Crippen LogP contribution in [-0.4, -0.2) is 4.98 Å². The smallest absolute Gasteiger partial charge is 0.380 e. The highest BCUT2D eigenvalue weighted by Gasteiger charge is 2.31. The third-order valence-electron chi connectivity index (χ3n) is 2.63. The third-order valence-corrected chi connectivity index (χ3v) is 2.63. The van der Waals surface area contributed by atoms with Crippen LogP contribution in [0.15, 0.2) is 30.5 Å². The van der Waals surface area contributed by atoms with Gasteiger partial charge in [-0.05, 0) is 18.2 Å². The number of alkyl halides is 3. The first-order valence-corrected chi connectivity index (χ1v) is 5.68.